The fourth-order valence-corrected chi connectivity index (χ4v) is 2.94. The summed E-state index contributed by atoms with van der Waals surface area (Å²) in [7, 11) is 0. The molecule has 94 valence electrons. The SMILES string of the molecule is CCC(c1ccc(Br)cc1)N1CC(C)C(N)C1. The Bertz CT molecular complexity index is 353. The second kappa shape index (κ2) is 5.51. The molecular weight excluding hydrogens is 276 g/mol. The van der Waals surface area contributed by atoms with Crippen molar-refractivity contribution in [3.8, 4) is 0 Å². The van der Waals surface area contributed by atoms with Gasteiger partial charge in [-0.15, -0.1) is 0 Å². The van der Waals surface area contributed by atoms with E-state index in [0.717, 1.165) is 24.0 Å². The van der Waals surface area contributed by atoms with E-state index >= 15 is 0 Å². The Labute approximate surface area is 112 Å². The molecule has 1 saturated heterocycles. The van der Waals surface area contributed by atoms with Crippen molar-refractivity contribution in [2.45, 2.75) is 32.4 Å². The van der Waals surface area contributed by atoms with E-state index in [1.54, 1.807) is 0 Å². The smallest absolute Gasteiger partial charge is 0.0346 e. The molecule has 0 spiro atoms. The van der Waals surface area contributed by atoms with E-state index in [1.807, 2.05) is 0 Å². The minimum atomic E-state index is 0.333. The first kappa shape index (κ1) is 13.1. The van der Waals surface area contributed by atoms with Crippen LogP contribution in [0.5, 0.6) is 0 Å². The average Bonchev–Trinajstić information content (AvgIpc) is 2.63. The molecule has 3 unspecified atom stereocenters. The Morgan fingerprint density at radius 1 is 1.35 bits per heavy atom. The van der Waals surface area contributed by atoms with Crippen LogP contribution in [0.3, 0.4) is 0 Å². The van der Waals surface area contributed by atoms with Crippen LogP contribution >= 0.6 is 15.9 Å². The van der Waals surface area contributed by atoms with E-state index in [0.29, 0.717) is 18.0 Å². The molecule has 1 heterocycles. The Morgan fingerprint density at radius 3 is 2.47 bits per heavy atom. The van der Waals surface area contributed by atoms with Gasteiger partial charge >= 0.3 is 0 Å². The second-order valence-corrected chi connectivity index (χ2v) is 5.99. The monoisotopic (exact) mass is 296 g/mol. The van der Waals surface area contributed by atoms with Crippen LogP contribution in [0.15, 0.2) is 28.7 Å². The summed E-state index contributed by atoms with van der Waals surface area (Å²) >= 11 is 3.49. The highest BCUT2D eigenvalue weighted by Gasteiger charge is 2.31. The molecule has 1 aromatic carbocycles. The molecule has 0 saturated carbocycles. The molecule has 2 nitrogen and oxygen atoms in total. The van der Waals surface area contributed by atoms with Gasteiger partial charge in [0, 0.05) is 29.6 Å². The van der Waals surface area contributed by atoms with Gasteiger partial charge in [0.05, 0.1) is 0 Å². The second-order valence-electron chi connectivity index (χ2n) is 5.07. The summed E-state index contributed by atoms with van der Waals surface area (Å²) in [5.74, 6) is 0.611. The molecule has 1 aliphatic heterocycles. The van der Waals surface area contributed by atoms with Crippen molar-refractivity contribution >= 4 is 15.9 Å². The largest absolute Gasteiger partial charge is 0.326 e. The minimum Gasteiger partial charge on any atom is -0.326 e. The van der Waals surface area contributed by atoms with Gasteiger partial charge < -0.3 is 5.73 Å². The summed E-state index contributed by atoms with van der Waals surface area (Å²) in [5, 5.41) is 0. The zero-order chi connectivity index (χ0) is 12.4. The number of benzene rings is 1. The van der Waals surface area contributed by atoms with E-state index in [-0.39, 0.29) is 0 Å². The summed E-state index contributed by atoms with van der Waals surface area (Å²) in [5.41, 5.74) is 7.51. The number of nitrogens with zero attached hydrogens (tertiary/aromatic N) is 1. The number of rotatable bonds is 3. The van der Waals surface area contributed by atoms with Crippen molar-refractivity contribution in [3.05, 3.63) is 34.3 Å². The topological polar surface area (TPSA) is 29.3 Å². The Balaban J connectivity index is 2.14. The van der Waals surface area contributed by atoms with Crippen LogP contribution in [0.25, 0.3) is 0 Å². The number of likely N-dealkylation sites (tertiary alicyclic amines) is 1. The van der Waals surface area contributed by atoms with Gasteiger partial charge in [0.25, 0.3) is 0 Å². The highest BCUT2D eigenvalue weighted by Crippen LogP contribution is 2.30. The van der Waals surface area contributed by atoms with Crippen molar-refractivity contribution in [1.82, 2.24) is 4.90 Å². The molecule has 3 atom stereocenters. The first-order chi connectivity index (χ1) is 8.11. The van der Waals surface area contributed by atoms with E-state index in [1.165, 1.54) is 5.56 Å². The molecule has 0 aromatic heterocycles. The van der Waals surface area contributed by atoms with E-state index in [2.05, 4.69) is 58.9 Å². The summed E-state index contributed by atoms with van der Waals surface area (Å²) in [6, 6.07) is 9.52. The molecule has 17 heavy (non-hydrogen) atoms. The first-order valence-corrected chi connectivity index (χ1v) is 7.16. The van der Waals surface area contributed by atoms with Gasteiger partial charge in [-0.3, -0.25) is 4.90 Å². The van der Waals surface area contributed by atoms with Gasteiger partial charge in [-0.2, -0.15) is 0 Å². The van der Waals surface area contributed by atoms with Crippen molar-refractivity contribution in [2.75, 3.05) is 13.1 Å². The highest BCUT2D eigenvalue weighted by atomic mass is 79.9. The number of halogens is 1. The molecule has 0 bridgehead atoms. The maximum Gasteiger partial charge on any atom is 0.0346 e. The predicted molar refractivity (Wildman–Crippen MR) is 75.9 cm³/mol. The van der Waals surface area contributed by atoms with Gasteiger partial charge in [0.2, 0.25) is 0 Å². The third kappa shape index (κ3) is 2.90. The van der Waals surface area contributed by atoms with Gasteiger partial charge in [0.15, 0.2) is 0 Å². The molecule has 3 heteroatoms. The lowest BCUT2D eigenvalue weighted by atomic mass is 10.0. The molecule has 1 aliphatic rings. The molecule has 0 radical (unpaired) electrons. The lowest BCUT2D eigenvalue weighted by Gasteiger charge is -2.27. The van der Waals surface area contributed by atoms with E-state index < -0.39 is 0 Å². The van der Waals surface area contributed by atoms with Crippen LogP contribution in [0.2, 0.25) is 0 Å². The Hall–Kier alpha value is -0.380. The number of nitrogens with two attached hydrogens (primary N) is 1. The molecule has 1 fully saturated rings. The summed E-state index contributed by atoms with van der Waals surface area (Å²) in [6.45, 7) is 6.64. The fourth-order valence-electron chi connectivity index (χ4n) is 2.67. The maximum atomic E-state index is 6.11. The maximum absolute atomic E-state index is 6.11. The van der Waals surface area contributed by atoms with Gasteiger partial charge in [-0.05, 0) is 30.0 Å². The van der Waals surface area contributed by atoms with Gasteiger partial charge in [-0.25, -0.2) is 0 Å². The normalized spacial score (nSPS) is 27.3. The standard InChI is InChI=1S/C14H21BrN2/c1-3-14(11-4-6-12(15)7-5-11)17-8-10(2)13(16)9-17/h4-7,10,13-14H,3,8-9,16H2,1-2H3. The highest BCUT2D eigenvalue weighted by molar-refractivity contribution is 9.10. The summed E-state index contributed by atoms with van der Waals surface area (Å²) in [4.78, 5) is 2.53. The molecule has 0 amide bonds. The van der Waals surface area contributed by atoms with Crippen LogP contribution in [-0.4, -0.2) is 24.0 Å². The Kier molecular flexibility index (Phi) is 4.23. The van der Waals surface area contributed by atoms with Gasteiger partial charge in [-0.1, -0.05) is 41.9 Å². The zero-order valence-corrected chi connectivity index (χ0v) is 12.2. The third-order valence-corrected chi connectivity index (χ3v) is 4.31. The van der Waals surface area contributed by atoms with Crippen molar-refractivity contribution in [3.63, 3.8) is 0 Å². The summed E-state index contributed by atoms with van der Waals surface area (Å²) < 4.78 is 1.14. The molecule has 1 aromatic rings. The predicted octanol–water partition coefficient (Wildman–Crippen LogP) is 3.18. The minimum absolute atomic E-state index is 0.333. The molecular formula is C14H21BrN2. The van der Waals surface area contributed by atoms with Crippen molar-refractivity contribution in [1.29, 1.82) is 0 Å². The quantitative estimate of drug-likeness (QED) is 0.928. The zero-order valence-electron chi connectivity index (χ0n) is 10.6. The number of hydrogen-bond acceptors (Lipinski definition) is 2. The van der Waals surface area contributed by atoms with E-state index in [9.17, 15) is 0 Å². The van der Waals surface area contributed by atoms with Crippen LogP contribution in [0, 0.1) is 5.92 Å². The average molecular weight is 297 g/mol. The van der Waals surface area contributed by atoms with Crippen molar-refractivity contribution < 1.29 is 0 Å². The summed E-state index contributed by atoms with van der Waals surface area (Å²) in [6.07, 6.45) is 1.14. The van der Waals surface area contributed by atoms with Crippen LogP contribution < -0.4 is 5.73 Å². The Morgan fingerprint density at radius 2 is 2.00 bits per heavy atom. The van der Waals surface area contributed by atoms with Crippen LogP contribution in [-0.2, 0) is 0 Å². The fraction of sp³-hybridized carbons (Fsp3) is 0.571. The first-order valence-electron chi connectivity index (χ1n) is 6.37. The van der Waals surface area contributed by atoms with E-state index in [4.69, 9.17) is 5.73 Å². The van der Waals surface area contributed by atoms with Crippen molar-refractivity contribution in [2.24, 2.45) is 11.7 Å². The molecule has 2 N–H and O–H groups in total. The van der Waals surface area contributed by atoms with Gasteiger partial charge in [0.1, 0.15) is 0 Å². The van der Waals surface area contributed by atoms with Crippen LogP contribution in [0.1, 0.15) is 31.9 Å². The third-order valence-electron chi connectivity index (χ3n) is 3.78. The lowest BCUT2D eigenvalue weighted by molar-refractivity contribution is 0.231. The molecule has 2 rings (SSSR count). The van der Waals surface area contributed by atoms with Crippen LogP contribution in [0.4, 0.5) is 0 Å². The lowest BCUT2D eigenvalue weighted by Crippen LogP contribution is -2.30. The number of hydrogen-bond donors (Lipinski definition) is 1. The molecule has 0 aliphatic carbocycles.